The van der Waals surface area contributed by atoms with Crippen LogP contribution in [0.2, 0.25) is 0 Å². The number of anilines is 1. The first-order chi connectivity index (χ1) is 9.86. The summed E-state index contributed by atoms with van der Waals surface area (Å²) >= 11 is 0. The van der Waals surface area contributed by atoms with Gasteiger partial charge < -0.3 is 4.74 Å². The van der Waals surface area contributed by atoms with E-state index >= 15 is 0 Å². The molecule has 1 aliphatic rings. The molecule has 1 aliphatic carbocycles. The number of ether oxygens (including phenoxy) is 1. The molecule has 1 aromatic heterocycles. The van der Waals surface area contributed by atoms with Crippen LogP contribution in [0.5, 0.6) is 5.88 Å². The summed E-state index contributed by atoms with van der Waals surface area (Å²) in [4.78, 5) is 20.3. The van der Waals surface area contributed by atoms with Crippen molar-refractivity contribution in [3.05, 3.63) is 23.9 Å². The summed E-state index contributed by atoms with van der Waals surface area (Å²) < 4.78 is 5.00. The summed E-state index contributed by atoms with van der Waals surface area (Å²) in [5.41, 5.74) is 6.62. The molecule has 1 saturated carbocycles. The molecule has 1 amide bonds. The molecule has 0 unspecified atom stereocenters. The van der Waals surface area contributed by atoms with Crippen molar-refractivity contribution in [2.45, 2.75) is 27.7 Å². The monoisotopic (exact) mass is 290 g/mol. The van der Waals surface area contributed by atoms with E-state index in [1.807, 2.05) is 13.8 Å². The fraction of sp³-hybridized carbons (Fsp3) is 0.533. The van der Waals surface area contributed by atoms with Crippen molar-refractivity contribution in [1.29, 1.82) is 0 Å². The van der Waals surface area contributed by atoms with Gasteiger partial charge in [0.15, 0.2) is 0 Å². The highest BCUT2D eigenvalue weighted by Gasteiger charge is 2.60. The van der Waals surface area contributed by atoms with Gasteiger partial charge in [-0.1, -0.05) is 25.5 Å². The Labute approximate surface area is 125 Å². The van der Waals surface area contributed by atoms with Crippen LogP contribution in [0.4, 0.5) is 5.95 Å². The Morgan fingerprint density at radius 3 is 2.76 bits per heavy atom. The Hall–Kier alpha value is -2.11. The van der Waals surface area contributed by atoms with E-state index in [4.69, 9.17) is 4.74 Å². The van der Waals surface area contributed by atoms with Gasteiger partial charge in [-0.15, -0.1) is 0 Å². The highest BCUT2D eigenvalue weighted by Crippen LogP contribution is 2.59. The first-order valence-corrected chi connectivity index (χ1v) is 6.94. The molecule has 1 heterocycles. The number of hydrazine groups is 1. The maximum absolute atomic E-state index is 12.3. The van der Waals surface area contributed by atoms with Crippen molar-refractivity contribution in [3.8, 4) is 5.88 Å². The van der Waals surface area contributed by atoms with Gasteiger partial charge in [0.05, 0.1) is 13.0 Å². The molecule has 0 bridgehead atoms. The Kier molecular flexibility index (Phi) is 4.16. The quantitative estimate of drug-likeness (QED) is 0.642. The Bertz CT molecular complexity index is 565. The minimum Gasteiger partial charge on any atom is -0.481 e. The zero-order valence-corrected chi connectivity index (χ0v) is 13.1. The van der Waals surface area contributed by atoms with Crippen molar-refractivity contribution in [3.63, 3.8) is 0 Å². The molecule has 6 heteroatoms. The number of hydrogen-bond acceptors (Lipinski definition) is 5. The second-order valence-corrected chi connectivity index (χ2v) is 6.11. The van der Waals surface area contributed by atoms with Crippen LogP contribution >= 0.6 is 0 Å². The molecule has 0 radical (unpaired) electrons. The van der Waals surface area contributed by atoms with Crippen molar-refractivity contribution < 1.29 is 9.53 Å². The average molecular weight is 290 g/mol. The van der Waals surface area contributed by atoms with Crippen LogP contribution in [-0.2, 0) is 4.79 Å². The molecule has 21 heavy (non-hydrogen) atoms. The highest BCUT2D eigenvalue weighted by molar-refractivity contribution is 5.84. The fourth-order valence-electron chi connectivity index (χ4n) is 2.56. The molecule has 2 N–H and O–H groups in total. The molecule has 1 aromatic rings. The SMILES string of the molecule is COc1ccnc(NNC(=O)[C@H]2[C@@H](C=C(C)C)C2(C)C)n1. The molecule has 1 fully saturated rings. The summed E-state index contributed by atoms with van der Waals surface area (Å²) in [5.74, 6) is 0.936. The van der Waals surface area contributed by atoms with E-state index < -0.39 is 0 Å². The normalized spacial score (nSPS) is 22.1. The summed E-state index contributed by atoms with van der Waals surface area (Å²) in [6.07, 6.45) is 3.72. The first kappa shape index (κ1) is 15.3. The van der Waals surface area contributed by atoms with E-state index in [9.17, 15) is 4.79 Å². The summed E-state index contributed by atoms with van der Waals surface area (Å²) in [6, 6.07) is 1.64. The van der Waals surface area contributed by atoms with Crippen LogP contribution in [0.25, 0.3) is 0 Å². The smallest absolute Gasteiger partial charge is 0.245 e. The molecule has 0 saturated heterocycles. The number of nitrogens with zero attached hydrogens (tertiary/aromatic N) is 2. The lowest BCUT2D eigenvalue weighted by Crippen LogP contribution is -2.33. The number of carbonyl (C=O) groups is 1. The Balaban J connectivity index is 1.95. The van der Waals surface area contributed by atoms with Crippen LogP contribution in [0, 0.1) is 17.3 Å². The lowest BCUT2D eigenvalue weighted by Gasteiger charge is -2.08. The van der Waals surface area contributed by atoms with Gasteiger partial charge in [-0.25, -0.2) is 4.98 Å². The molecule has 2 atom stereocenters. The maximum atomic E-state index is 12.3. The molecule has 6 nitrogen and oxygen atoms in total. The van der Waals surface area contributed by atoms with Gasteiger partial charge in [-0.3, -0.25) is 15.6 Å². The van der Waals surface area contributed by atoms with E-state index in [1.54, 1.807) is 12.3 Å². The predicted octanol–water partition coefficient (Wildman–Crippen LogP) is 2.17. The van der Waals surface area contributed by atoms with Crippen LogP contribution in [0.15, 0.2) is 23.9 Å². The minimum atomic E-state index is -0.0473. The molecule has 0 spiro atoms. The minimum absolute atomic E-state index is 0.0156. The van der Waals surface area contributed by atoms with E-state index in [2.05, 4.69) is 40.7 Å². The van der Waals surface area contributed by atoms with Gasteiger partial charge in [0.2, 0.25) is 17.7 Å². The average Bonchev–Trinajstić information content (AvgIpc) is 2.96. The third kappa shape index (κ3) is 3.32. The number of rotatable bonds is 5. The van der Waals surface area contributed by atoms with E-state index in [0.717, 1.165) is 0 Å². The lowest BCUT2D eigenvalue weighted by molar-refractivity contribution is -0.122. The van der Waals surface area contributed by atoms with Crippen molar-refractivity contribution in [2.24, 2.45) is 17.3 Å². The number of aromatic nitrogens is 2. The van der Waals surface area contributed by atoms with Crippen molar-refractivity contribution in [2.75, 3.05) is 12.5 Å². The number of hydrogen-bond donors (Lipinski definition) is 2. The molecular weight excluding hydrogens is 268 g/mol. The number of allylic oxidation sites excluding steroid dienone is 2. The summed E-state index contributed by atoms with van der Waals surface area (Å²) in [6.45, 7) is 8.30. The van der Waals surface area contributed by atoms with Crippen LogP contribution in [-0.4, -0.2) is 23.0 Å². The number of carbonyl (C=O) groups excluding carboxylic acids is 1. The largest absolute Gasteiger partial charge is 0.481 e. The molecular formula is C15H22N4O2. The van der Waals surface area contributed by atoms with Crippen LogP contribution < -0.4 is 15.6 Å². The van der Waals surface area contributed by atoms with E-state index in [0.29, 0.717) is 11.8 Å². The van der Waals surface area contributed by atoms with Gasteiger partial charge in [-0.2, -0.15) is 4.98 Å². The third-order valence-corrected chi connectivity index (χ3v) is 3.84. The topological polar surface area (TPSA) is 76.1 Å². The van der Waals surface area contributed by atoms with Gasteiger partial charge in [0.25, 0.3) is 0 Å². The molecule has 0 aliphatic heterocycles. The zero-order valence-electron chi connectivity index (χ0n) is 13.1. The summed E-state index contributed by atoms with van der Waals surface area (Å²) in [5, 5.41) is 0. The Morgan fingerprint density at radius 1 is 1.43 bits per heavy atom. The van der Waals surface area contributed by atoms with Gasteiger partial charge in [0.1, 0.15) is 0 Å². The number of amides is 1. The fourth-order valence-corrected chi connectivity index (χ4v) is 2.56. The van der Waals surface area contributed by atoms with Crippen LogP contribution in [0.1, 0.15) is 27.7 Å². The standard InChI is InChI=1S/C15H22N4O2/c1-9(2)8-10-12(15(10,3)4)13(20)18-19-14-16-7-6-11(17-14)21-5/h6-8,10,12H,1-5H3,(H,18,20)(H,16,17,19)/t10-,12-/m1/s1. The molecule has 0 aromatic carbocycles. The van der Waals surface area contributed by atoms with Crippen molar-refractivity contribution >= 4 is 11.9 Å². The third-order valence-electron chi connectivity index (χ3n) is 3.84. The van der Waals surface area contributed by atoms with E-state index in [1.165, 1.54) is 12.7 Å². The lowest BCUT2D eigenvalue weighted by atomic mass is 10.1. The maximum Gasteiger partial charge on any atom is 0.245 e. The number of nitrogens with one attached hydrogen (secondary N) is 2. The predicted molar refractivity (Wildman–Crippen MR) is 80.5 cm³/mol. The number of methoxy groups -OCH3 is 1. The zero-order chi connectivity index (χ0) is 15.6. The van der Waals surface area contributed by atoms with Crippen molar-refractivity contribution in [1.82, 2.24) is 15.4 Å². The first-order valence-electron chi connectivity index (χ1n) is 6.94. The molecule has 114 valence electrons. The summed E-state index contributed by atoms with van der Waals surface area (Å²) in [7, 11) is 1.53. The van der Waals surface area contributed by atoms with E-state index in [-0.39, 0.29) is 23.2 Å². The van der Waals surface area contributed by atoms with Gasteiger partial charge >= 0.3 is 0 Å². The van der Waals surface area contributed by atoms with Crippen LogP contribution in [0.3, 0.4) is 0 Å². The van der Waals surface area contributed by atoms with Gasteiger partial charge in [-0.05, 0) is 25.2 Å². The van der Waals surface area contributed by atoms with Gasteiger partial charge in [0, 0.05) is 12.3 Å². The highest BCUT2D eigenvalue weighted by atomic mass is 16.5. The second kappa shape index (κ2) is 5.71. The molecule has 2 rings (SSSR count). The Morgan fingerprint density at radius 2 is 2.14 bits per heavy atom. The second-order valence-electron chi connectivity index (χ2n) is 6.11.